The highest BCUT2D eigenvalue weighted by molar-refractivity contribution is 7.15. The molecule has 114 valence electrons. The van der Waals surface area contributed by atoms with Crippen molar-refractivity contribution in [2.75, 3.05) is 18.9 Å². The normalized spacial score (nSPS) is 14.4. The molecule has 0 fully saturated rings. The molecule has 0 radical (unpaired) electrons. The van der Waals surface area contributed by atoms with E-state index in [1.165, 1.54) is 29.5 Å². The molecule has 2 aromatic rings. The summed E-state index contributed by atoms with van der Waals surface area (Å²) in [6, 6.07) is 5.66. The van der Waals surface area contributed by atoms with Crippen LogP contribution in [0, 0.1) is 10.1 Å². The number of carbonyl (C=O) groups excluding carboxylic acids is 1. The number of anilines is 1. The first-order chi connectivity index (χ1) is 10.5. The lowest BCUT2D eigenvalue weighted by Crippen LogP contribution is -2.25. The fourth-order valence-electron chi connectivity index (χ4n) is 2.31. The van der Waals surface area contributed by atoms with Crippen molar-refractivity contribution in [1.29, 1.82) is 0 Å². The molecule has 22 heavy (non-hydrogen) atoms. The van der Waals surface area contributed by atoms with Gasteiger partial charge in [-0.25, -0.2) is 4.98 Å². The zero-order valence-corrected chi connectivity index (χ0v) is 12.7. The largest absolute Gasteiger partial charge is 0.301 e. The van der Waals surface area contributed by atoms with Crippen molar-refractivity contribution >= 4 is 28.1 Å². The molecular formula is C14H14N4O3S. The van der Waals surface area contributed by atoms with Gasteiger partial charge < -0.3 is 4.90 Å². The summed E-state index contributed by atoms with van der Waals surface area (Å²) in [5, 5.41) is 14.0. The van der Waals surface area contributed by atoms with Crippen LogP contribution in [0.25, 0.3) is 0 Å². The predicted octanol–water partition coefficient (Wildman–Crippen LogP) is 2.29. The molecule has 1 amide bonds. The van der Waals surface area contributed by atoms with E-state index in [-0.39, 0.29) is 17.2 Å². The molecule has 2 heterocycles. The van der Waals surface area contributed by atoms with Gasteiger partial charge in [0.25, 0.3) is 11.6 Å². The van der Waals surface area contributed by atoms with Crippen LogP contribution in [0.4, 0.5) is 10.8 Å². The van der Waals surface area contributed by atoms with E-state index in [0.717, 1.165) is 30.1 Å². The zero-order valence-electron chi connectivity index (χ0n) is 11.9. The molecule has 3 rings (SSSR count). The second kappa shape index (κ2) is 5.82. The van der Waals surface area contributed by atoms with Gasteiger partial charge in [0.1, 0.15) is 0 Å². The number of nitro groups is 1. The Balaban J connectivity index is 1.77. The molecule has 0 spiro atoms. The summed E-state index contributed by atoms with van der Waals surface area (Å²) in [6.07, 6.45) is 0.870. The summed E-state index contributed by atoms with van der Waals surface area (Å²) in [5.41, 5.74) is 1.17. The number of benzene rings is 1. The first kappa shape index (κ1) is 14.6. The number of aromatic nitrogens is 1. The third kappa shape index (κ3) is 2.97. The quantitative estimate of drug-likeness (QED) is 0.693. The van der Waals surface area contributed by atoms with Crippen molar-refractivity contribution in [3.63, 3.8) is 0 Å². The van der Waals surface area contributed by atoms with Gasteiger partial charge in [0, 0.05) is 42.1 Å². The monoisotopic (exact) mass is 318 g/mol. The number of thiazole rings is 1. The molecule has 7 nitrogen and oxygen atoms in total. The van der Waals surface area contributed by atoms with E-state index in [9.17, 15) is 14.9 Å². The molecule has 0 saturated heterocycles. The fraction of sp³-hybridized carbons (Fsp3) is 0.286. The molecule has 0 aliphatic carbocycles. The summed E-state index contributed by atoms with van der Waals surface area (Å²) in [6.45, 7) is 1.79. The van der Waals surface area contributed by atoms with E-state index in [1.807, 2.05) is 7.05 Å². The van der Waals surface area contributed by atoms with Crippen LogP contribution in [0.1, 0.15) is 20.9 Å². The van der Waals surface area contributed by atoms with E-state index in [2.05, 4.69) is 15.2 Å². The molecule has 1 aliphatic heterocycles. The third-order valence-corrected chi connectivity index (χ3v) is 4.46. The number of hydrogen-bond donors (Lipinski definition) is 1. The van der Waals surface area contributed by atoms with Crippen molar-refractivity contribution in [3.05, 3.63) is 50.5 Å². The summed E-state index contributed by atoms with van der Waals surface area (Å²) in [5.74, 6) is -0.386. The Morgan fingerprint density at radius 3 is 3.09 bits per heavy atom. The highest BCUT2D eigenvalue weighted by Crippen LogP contribution is 2.28. The molecule has 0 saturated carbocycles. The number of rotatable bonds is 3. The van der Waals surface area contributed by atoms with E-state index in [4.69, 9.17) is 0 Å². The minimum Gasteiger partial charge on any atom is -0.301 e. The van der Waals surface area contributed by atoms with Gasteiger partial charge in [-0.15, -0.1) is 11.3 Å². The number of amides is 1. The van der Waals surface area contributed by atoms with Crippen molar-refractivity contribution in [1.82, 2.24) is 9.88 Å². The highest BCUT2D eigenvalue weighted by Gasteiger charge is 2.20. The van der Waals surface area contributed by atoms with Crippen LogP contribution < -0.4 is 5.32 Å². The van der Waals surface area contributed by atoms with E-state index < -0.39 is 4.92 Å². The van der Waals surface area contributed by atoms with Gasteiger partial charge in [0.15, 0.2) is 5.13 Å². The maximum Gasteiger partial charge on any atom is 0.270 e. The molecule has 1 N–H and O–H groups in total. The van der Waals surface area contributed by atoms with Crippen LogP contribution in [-0.4, -0.2) is 34.3 Å². The van der Waals surface area contributed by atoms with Crippen molar-refractivity contribution in [3.8, 4) is 0 Å². The van der Waals surface area contributed by atoms with Gasteiger partial charge in [-0.05, 0) is 13.1 Å². The summed E-state index contributed by atoms with van der Waals surface area (Å²) >= 11 is 1.45. The van der Waals surface area contributed by atoms with Crippen molar-refractivity contribution < 1.29 is 9.72 Å². The maximum atomic E-state index is 12.2. The number of nitrogens with one attached hydrogen (secondary N) is 1. The summed E-state index contributed by atoms with van der Waals surface area (Å²) in [4.78, 5) is 30.2. The molecule has 8 heteroatoms. The lowest BCUT2D eigenvalue weighted by molar-refractivity contribution is -0.384. The Hall–Kier alpha value is -2.32. The lowest BCUT2D eigenvalue weighted by atomic mass is 10.2. The molecule has 1 aliphatic rings. The topological polar surface area (TPSA) is 88.4 Å². The number of nitro benzene ring substituents is 1. The number of fused-ring (bicyclic) bond motifs is 1. The number of likely N-dealkylation sites (N-methyl/N-ethyl adjacent to an activating group) is 1. The van der Waals surface area contributed by atoms with Gasteiger partial charge in [0.2, 0.25) is 0 Å². The number of carbonyl (C=O) groups is 1. The van der Waals surface area contributed by atoms with Crippen molar-refractivity contribution in [2.45, 2.75) is 13.0 Å². The van der Waals surface area contributed by atoms with E-state index in [1.54, 1.807) is 6.07 Å². The van der Waals surface area contributed by atoms with Crippen LogP contribution in [0.2, 0.25) is 0 Å². The van der Waals surface area contributed by atoms with Gasteiger partial charge in [-0.3, -0.25) is 20.2 Å². The first-order valence-electron chi connectivity index (χ1n) is 6.76. The lowest BCUT2D eigenvalue weighted by Gasteiger charge is -2.20. The van der Waals surface area contributed by atoms with Crippen LogP contribution >= 0.6 is 11.3 Å². The second-order valence-electron chi connectivity index (χ2n) is 5.14. The van der Waals surface area contributed by atoms with Crippen LogP contribution in [-0.2, 0) is 13.0 Å². The van der Waals surface area contributed by atoms with Gasteiger partial charge >= 0.3 is 0 Å². The molecule has 0 unspecified atom stereocenters. The highest BCUT2D eigenvalue weighted by atomic mass is 32.1. The minimum atomic E-state index is -0.519. The van der Waals surface area contributed by atoms with E-state index in [0.29, 0.717) is 5.13 Å². The summed E-state index contributed by atoms with van der Waals surface area (Å²) < 4.78 is 0. The predicted molar refractivity (Wildman–Crippen MR) is 83.2 cm³/mol. The standard InChI is InChI=1S/C14H14N4O3S/c1-17-6-5-11-12(8-17)22-14(15-11)16-13(19)9-3-2-4-10(7-9)18(20)21/h2-4,7H,5-6,8H2,1H3,(H,15,16,19). The fourth-order valence-corrected chi connectivity index (χ4v) is 3.39. The third-order valence-electron chi connectivity index (χ3n) is 3.46. The van der Waals surface area contributed by atoms with Crippen LogP contribution in [0.15, 0.2) is 24.3 Å². The minimum absolute atomic E-state index is 0.104. The Bertz CT molecular complexity index is 743. The molecular weight excluding hydrogens is 304 g/mol. The number of nitrogens with zero attached hydrogens (tertiary/aromatic N) is 3. The Morgan fingerprint density at radius 1 is 1.50 bits per heavy atom. The molecule has 0 atom stereocenters. The Kier molecular flexibility index (Phi) is 3.86. The van der Waals surface area contributed by atoms with Crippen LogP contribution in [0.5, 0.6) is 0 Å². The molecule has 1 aromatic heterocycles. The number of hydrogen-bond acceptors (Lipinski definition) is 6. The molecule has 0 bridgehead atoms. The van der Waals surface area contributed by atoms with Gasteiger partial charge in [-0.1, -0.05) is 6.07 Å². The summed E-state index contributed by atoms with van der Waals surface area (Å²) in [7, 11) is 2.05. The van der Waals surface area contributed by atoms with Gasteiger partial charge in [0.05, 0.1) is 10.6 Å². The first-order valence-corrected chi connectivity index (χ1v) is 7.57. The maximum absolute atomic E-state index is 12.2. The SMILES string of the molecule is CN1CCc2nc(NC(=O)c3cccc([N+](=O)[O-])c3)sc2C1. The molecule has 1 aromatic carbocycles. The Morgan fingerprint density at radius 2 is 2.32 bits per heavy atom. The average Bonchev–Trinajstić information content (AvgIpc) is 2.88. The zero-order chi connectivity index (χ0) is 15.7. The van der Waals surface area contributed by atoms with Crippen LogP contribution in [0.3, 0.4) is 0 Å². The second-order valence-corrected chi connectivity index (χ2v) is 6.22. The average molecular weight is 318 g/mol. The smallest absolute Gasteiger partial charge is 0.270 e. The van der Waals surface area contributed by atoms with Crippen molar-refractivity contribution in [2.24, 2.45) is 0 Å². The number of non-ortho nitro benzene ring substituents is 1. The van der Waals surface area contributed by atoms with Gasteiger partial charge in [-0.2, -0.15) is 0 Å². The Labute approximate surface area is 130 Å². The van der Waals surface area contributed by atoms with E-state index >= 15 is 0 Å².